The largest absolute Gasteiger partial charge is 0.480 e. The second kappa shape index (κ2) is 10.2. The zero-order chi connectivity index (χ0) is 19.7. The molecule has 0 spiro atoms. The summed E-state index contributed by atoms with van der Waals surface area (Å²) in [5.41, 5.74) is 15.3. The predicted octanol–water partition coefficient (Wildman–Crippen LogP) is -4.11. The Hall–Kier alpha value is -2.73. The summed E-state index contributed by atoms with van der Waals surface area (Å²) >= 11 is 0. The average molecular weight is 361 g/mol. The van der Waals surface area contributed by atoms with E-state index in [2.05, 4.69) is 10.6 Å². The van der Waals surface area contributed by atoms with Crippen LogP contribution >= 0.6 is 0 Å². The van der Waals surface area contributed by atoms with Gasteiger partial charge in [0.15, 0.2) is 0 Å². The molecule has 0 rings (SSSR count). The topological polar surface area (TPSA) is 228 Å². The summed E-state index contributed by atoms with van der Waals surface area (Å²) in [6.07, 6.45) is -2.41. The van der Waals surface area contributed by atoms with E-state index >= 15 is 0 Å². The van der Waals surface area contributed by atoms with Crippen LogP contribution < -0.4 is 27.8 Å². The molecule has 0 unspecified atom stereocenters. The number of carboxylic acids is 1. The number of nitrogens with two attached hydrogens (primary N) is 3. The van der Waals surface area contributed by atoms with Gasteiger partial charge in [0, 0.05) is 6.42 Å². The lowest BCUT2D eigenvalue weighted by molar-refractivity contribution is -0.142. The van der Waals surface area contributed by atoms with E-state index in [1.807, 2.05) is 0 Å². The van der Waals surface area contributed by atoms with Crippen LogP contribution in [-0.2, 0) is 24.0 Å². The van der Waals surface area contributed by atoms with Crippen molar-refractivity contribution in [2.75, 3.05) is 0 Å². The van der Waals surface area contributed by atoms with Crippen molar-refractivity contribution in [3.8, 4) is 0 Å². The van der Waals surface area contributed by atoms with E-state index in [1.165, 1.54) is 6.92 Å². The number of carboxylic acid groups (broad SMARTS) is 1. The maximum absolute atomic E-state index is 12.1. The van der Waals surface area contributed by atoms with Gasteiger partial charge in [0.25, 0.3) is 0 Å². The van der Waals surface area contributed by atoms with Crippen LogP contribution in [0.15, 0.2) is 0 Å². The number of aliphatic hydroxyl groups excluding tert-OH is 1. The molecule has 0 aliphatic carbocycles. The molecule has 0 aromatic carbocycles. The molecule has 0 radical (unpaired) electrons. The lowest BCUT2D eigenvalue weighted by atomic mass is 10.1. The lowest BCUT2D eigenvalue weighted by Gasteiger charge is -2.22. The maximum atomic E-state index is 12.1. The monoisotopic (exact) mass is 361 g/mol. The summed E-state index contributed by atoms with van der Waals surface area (Å²) in [5.74, 6) is -5.07. The summed E-state index contributed by atoms with van der Waals surface area (Å²) < 4.78 is 0. The third-order valence-electron chi connectivity index (χ3n) is 3.15. The minimum absolute atomic E-state index is 0.277. The van der Waals surface area contributed by atoms with Crippen LogP contribution in [0.3, 0.4) is 0 Å². The third-order valence-corrected chi connectivity index (χ3v) is 3.15. The zero-order valence-electron chi connectivity index (χ0n) is 13.6. The standard InChI is InChI=1S/C13H23N5O7/c1-5(19)10(16)12(23)18-7(4-9(15)21)11(22)17-6(13(24)25)2-3-8(14)20/h5-7,10,19H,2-4,16H2,1H3,(H2,14,20)(H2,15,21)(H,17,22)(H,18,23)(H,24,25)/t5-,6+,7+,10+/m1/s1. The van der Waals surface area contributed by atoms with Crippen LogP contribution in [0.4, 0.5) is 0 Å². The van der Waals surface area contributed by atoms with E-state index in [4.69, 9.17) is 22.3 Å². The molecule has 0 saturated heterocycles. The van der Waals surface area contributed by atoms with Gasteiger partial charge >= 0.3 is 5.97 Å². The minimum atomic E-state index is -1.50. The highest BCUT2D eigenvalue weighted by Gasteiger charge is 2.30. The lowest BCUT2D eigenvalue weighted by Crippen LogP contribution is -2.57. The Morgan fingerprint density at radius 2 is 1.48 bits per heavy atom. The molecule has 0 saturated carbocycles. The van der Waals surface area contributed by atoms with Gasteiger partial charge < -0.3 is 38.0 Å². The van der Waals surface area contributed by atoms with Crippen molar-refractivity contribution >= 4 is 29.6 Å². The molecule has 0 aromatic heterocycles. The Morgan fingerprint density at radius 1 is 0.960 bits per heavy atom. The van der Waals surface area contributed by atoms with Gasteiger partial charge in [-0.1, -0.05) is 0 Å². The van der Waals surface area contributed by atoms with Gasteiger partial charge in [0.05, 0.1) is 12.5 Å². The molecule has 0 heterocycles. The van der Waals surface area contributed by atoms with Gasteiger partial charge in [0.2, 0.25) is 23.6 Å². The number of rotatable bonds is 11. The third kappa shape index (κ3) is 8.62. The van der Waals surface area contributed by atoms with E-state index in [0.717, 1.165) is 0 Å². The molecule has 4 amide bonds. The normalized spacial score (nSPS) is 15.3. The summed E-state index contributed by atoms with van der Waals surface area (Å²) in [6.45, 7) is 1.25. The molecule has 12 nitrogen and oxygen atoms in total. The van der Waals surface area contributed by atoms with Crippen molar-refractivity contribution in [3.05, 3.63) is 0 Å². The first-order valence-electron chi connectivity index (χ1n) is 7.29. The van der Waals surface area contributed by atoms with Crippen molar-refractivity contribution in [2.24, 2.45) is 17.2 Å². The van der Waals surface area contributed by atoms with Gasteiger partial charge in [-0.15, -0.1) is 0 Å². The molecule has 4 atom stereocenters. The predicted molar refractivity (Wildman–Crippen MR) is 83.4 cm³/mol. The molecule has 12 heteroatoms. The van der Waals surface area contributed by atoms with Crippen LogP contribution in [0.5, 0.6) is 0 Å². The Kier molecular flexibility index (Phi) is 9.09. The van der Waals surface area contributed by atoms with Gasteiger partial charge in [-0.3, -0.25) is 19.2 Å². The highest BCUT2D eigenvalue weighted by atomic mass is 16.4. The quantitative estimate of drug-likeness (QED) is 0.191. The van der Waals surface area contributed by atoms with Crippen LogP contribution in [-0.4, -0.2) is 64.0 Å². The highest BCUT2D eigenvalue weighted by molar-refractivity contribution is 5.94. The molecule has 0 aliphatic rings. The maximum Gasteiger partial charge on any atom is 0.326 e. The van der Waals surface area contributed by atoms with Crippen LogP contribution in [0.2, 0.25) is 0 Å². The molecule has 10 N–H and O–H groups in total. The molecule has 0 bridgehead atoms. The van der Waals surface area contributed by atoms with E-state index < -0.39 is 60.2 Å². The fourth-order valence-electron chi connectivity index (χ4n) is 1.71. The van der Waals surface area contributed by atoms with Gasteiger partial charge in [-0.05, 0) is 13.3 Å². The van der Waals surface area contributed by atoms with E-state index in [1.54, 1.807) is 0 Å². The summed E-state index contributed by atoms with van der Waals surface area (Å²) in [4.78, 5) is 56.9. The fourth-order valence-corrected chi connectivity index (χ4v) is 1.71. The van der Waals surface area contributed by atoms with Gasteiger partial charge in [-0.25, -0.2) is 4.79 Å². The summed E-state index contributed by atoms with van der Waals surface area (Å²) in [5, 5.41) is 22.5. The molecule has 0 fully saturated rings. The Balaban J connectivity index is 5.08. The fraction of sp³-hybridized carbons (Fsp3) is 0.615. The molecule has 0 aliphatic heterocycles. The van der Waals surface area contributed by atoms with Gasteiger partial charge in [0.1, 0.15) is 18.1 Å². The second-order valence-corrected chi connectivity index (χ2v) is 5.40. The number of hydrogen-bond acceptors (Lipinski definition) is 7. The Morgan fingerprint density at radius 3 is 1.88 bits per heavy atom. The van der Waals surface area contributed by atoms with Crippen molar-refractivity contribution in [3.63, 3.8) is 0 Å². The molecule has 142 valence electrons. The van der Waals surface area contributed by atoms with E-state index in [9.17, 15) is 29.1 Å². The number of aliphatic carboxylic acids is 1. The molecular weight excluding hydrogens is 338 g/mol. The number of amides is 4. The number of primary amides is 2. The van der Waals surface area contributed by atoms with E-state index in [-0.39, 0.29) is 12.8 Å². The first-order chi connectivity index (χ1) is 11.5. The average Bonchev–Trinajstić information content (AvgIpc) is 2.48. The second-order valence-electron chi connectivity index (χ2n) is 5.40. The first kappa shape index (κ1) is 22.3. The van der Waals surface area contributed by atoms with Crippen molar-refractivity contribution in [1.82, 2.24) is 10.6 Å². The van der Waals surface area contributed by atoms with Crippen molar-refractivity contribution in [1.29, 1.82) is 0 Å². The van der Waals surface area contributed by atoms with Crippen LogP contribution in [0, 0.1) is 0 Å². The SMILES string of the molecule is C[C@@H](O)[C@H](N)C(=O)N[C@@H](CC(N)=O)C(=O)N[C@@H](CCC(N)=O)C(=O)O. The number of nitrogens with one attached hydrogen (secondary N) is 2. The Labute approximate surface area is 143 Å². The van der Waals surface area contributed by atoms with E-state index in [0.29, 0.717) is 0 Å². The van der Waals surface area contributed by atoms with Crippen molar-refractivity contribution in [2.45, 2.75) is 50.4 Å². The molecule has 0 aromatic rings. The summed E-state index contributed by atoms with van der Waals surface area (Å²) in [7, 11) is 0. The number of carbonyl (C=O) groups excluding carboxylic acids is 4. The smallest absolute Gasteiger partial charge is 0.326 e. The minimum Gasteiger partial charge on any atom is -0.480 e. The number of carbonyl (C=O) groups is 5. The highest BCUT2D eigenvalue weighted by Crippen LogP contribution is 2.01. The Bertz CT molecular complexity index is 537. The molecule has 25 heavy (non-hydrogen) atoms. The van der Waals surface area contributed by atoms with Crippen LogP contribution in [0.25, 0.3) is 0 Å². The molecular formula is C13H23N5O7. The first-order valence-corrected chi connectivity index (χ1v) is 7.29. The number of aliphatic hydroxyl groups is 1. The van der Waals surface area contributed by atoms with Crippen LogP contribution in [0.1, 0.15) is 26.2 Å². The number of hydrogen-bond donors (Lipinski definition) is 7. The zero-order valence-corrected chi connectivity index (χ0v) is 13.6. The van der Waals surface area contributed by atoms with Gasteiger partial charge in [-0.2, -0.15) is 0 Å². The van der Waals surface area contributed by atoms with Crippen molar-refractivity contribution < 1.29 is 34.2 Å². The summed E-state index contributed by atoms with van der Waals surface area (Å²) in [6, 6.07) is -4.32.